The molecular weight excluding hydrogens is 173 g/mol. The van der Waals surface area contributed by atoms with Crippen LogP contribution in [0.5, 0.6) is 0 Å². The lowest BCUT2D eigenvalue weighted by molar-refractivity contribution is 0.742. The Balaban J connectivity index is 0.000000810. The minimum absolute atomic E-state index is 0. The molecule has 5 heteroatoms. The van der Waals surface area contributed by atoms with Gasteiger partial charge in [0.15, 0.2) is 0 Å². The first-order valence-electron chi connectivity index (χ1n) is 2.62. The second-order valence-electron chi connectivity index (χ2n) is 1.80. The van der Waals surface area contributed by atoms with Crippen LogP contribution in [0.4, 0.5) is 0 Å². The lowest BCUT2D eigenvalue weighted by Gasteiger charge is -1.85. The third-order valence-electron chi connectivity index (χ3n) is 1.05. The van der Waals surface area contributed by atoms with Gasteiger partial charge in [0.05, 0.1) is 10.7 Å². The minimum Gasteiger partial charge on any atom is -0.325 e. The van der Waals surface area contributed by atoms with Gasteiger partial charge in [0.2, 0.25) is 0 Å². The van der Waals surface area contributed by atoms with E-state index in [1.54, 1.807) is 10.9 Å². The Morgan fingerprint density at radius 3 is 2.60 bits per heavy atom. The molecule has 3 nitrogen and oxygen atoms in total. The van der Waals surface area contributed by atoms with E-state index in [2.05, 4.69) is 5.10 Å². The van der Waals surface area contributed by atoms with E-state index in [0.29, 0.717) is 11.6 Å². The van der Waals surface area contributed by atoms with E-state index in [9.17, 15) is 0 Å². The van der Waals surface area contributed by atoms with E-state index < -0.39 is 0 Å². The molecule has 0 aliphatic carbocycles. The van der Waals surface area contributed by atoms with Crippen molar-refractivity contribution in [3.05, 3.63) is 16.9 Å². The summed E-state index contributed by atoms with van der Waals surface area (Å²) < 4.78 is 1.64. The van der Waals surface area contributed by atoms with E-state index >= 15 is 0 Å². The van der Waals surface area contributed by atoms with Crippen LogP contribution in [0.1, 0.15) is 5.69 Å². The SMILES string of the molecule is Cl.Cn1cc(Cl)c(CN)n1. The second-order valence-corrected chi connectivity index (χ2v) is 2.21. The lowest BCUT2D eigenvalue weighted by atomic mass is 10.4. The summed E-state index contributed by atoms with van der Waals surface area (Å²) in [4.78, 5) is 0. The molecule has 1 heterocycles. The Kier molecular flexibility index (Phi) is 3.71. The normalized spacial score (nSPS) is 9.10. The highest BCUT2D eigenvalue weighted by atomic mass is 35.5. The Hall–Kier alpha value is -0.250. The smallest absolute Gasteiger partial charge is 0.0946 e. The van der Waals surface area contributed by atoms with Crippen molar-refractivity contribution in [2.24, 2.45) is 12.8 Å². The van der Waals surface area contributed by atoms with Crippen molar-refractivity contribution in [2.75, 3.05) is 0 Å². The quantitative estimate of drug-likeness (QED) is 0.702. The third-order valence-corrected chi connectivity index (χ3v) is 1.36. The van der Waals surface area contributed by atoms with Crippen LogP contribution in [0, 0.1) is 0 Å². The predicted octanol–water partition coefficient (Wildman–Crippen LogP) is 0.954. The van der Waals surface area contributed by atoms with Crippen molar-refractivity contribution in [2.45, 2.75) is 6.54 Å². The minimum atomic E-state index is 0. The number of hydrogen-bond acceptors (Lipinski definition) is 2. The lowest BCUT2D eigenvalue weighted by Crippen LogP contribution is -1.98. The predicted molar refractivity (Wildman–Crippen MR) is 43.4 cm³/mol. The summed E-state index contributed by atoms with van der Waals surface area (Å²) in [7, 11) is 1.81. The maximum atomic E-state index is 5.68. The van der Waals surface area contributed by atoms with Crippen molar-refractivity contribution in [3.8, 4) is 0 Å². The van der Waals surface area contributed by atoms with Crippen LogP contribution in [-0.2, 0) is 13.6 Å². The summed E-state index contributed by atoms with van der Waals surface area (Å²) in [5, 5.41) is 4.63. The number of hydrogen-bond donors (Lipinski definition) is 1. The molecule has 0 fully saturated rings. The van der Waals surface area contributed by atoms with Gasteiger partial charge in [0, 0.05) is 19.8 Å². The highest BCUT2D eigenvalue weighted by molar-refractivity contribution is 6.31. The average molecular weight is 182 g/mol. The fourth-order valence-corrected chi connectivity index (χ4v) is 0.900. The summed E-state index contributed by atoms with van der Waals surface area (Å²) in [5.74, 6) is 0. The summed E-state index contributed by atoms with van der Waals surface area (Å²) in [5.41, 5.74) is 6.05. The van der Waals surface area contributed by atoms with Crippen molar-refractivity contribution < 1.29 is 0 Å². The standard InChI is InChI=1S/C5H8ClN3.ClH/c1-9-3-4(6)5(2-7)8-9;/h3H,2,7H2,1H3;1H. The first-order chi connectivity index (χ1) is 4.24. The number of aromatic nitrogens is 2. The molecule has 0 unspecified atom stereocenters. The Labute approximate surface area is 70.6 Å². The van der Waals surface area contributed by atoms with Gasteiger partial charge in [-0.15, -0.1) is 12.4 Å². The fourth-order valence-electron chi connectivity index (χ4n) is 0.644. The Morgan fingerprint density at radius 2 is 2.40 bits per heavy atom. The zero-order chi connectivity index (χ0) is 6.85. The molecule has 0 spiro atoms. The van der Waals surface area contributed by atoms with Crippen LogP contribution in [0.15, 0.2) is 6.20 Å². The van der Waals surface area contributed by atoms with Gasteiger partial charge in [-0.2, -0.15) is 5.10 Å². The maximum absolute atomic E-state index is 5.68. The monoisotopic (exact) mass is 181 g/mol. The van der Waals surface area contributed by atoms with Crippen LogP contribution in [0.2, 0.25) is 5.02 Å². The van der Waals surface area contributed by atoms with Crippen LogP contribution < -0.4 is 5.73 Å². The van der Waals surface area contributed by atoms with E-state index in [1.165, 1.54) is 0 Å². The van der Waals surface area contributed by atoms with E-state index in [4.69, 9.17) is 17.3 Å². The molecule has 0 amide bonds. The summed E-state index contributed by atoms with van der Waals surface area (Å²) in [6.45, 7) is 0.402. The molecule has 0 aliphatic heterocycles. The molecule has 0 bridgehead atoms. The molecule has 0 atom stereocenters. The Morgan fingerprint density at radius 1 is 1.80 bits per heavy atom. The fraction of sp³-hybridized carbons (Fsp3) is 0.400. The summed E-state index contributed by atoms with van der Waals surface area (Å²) in [6.07, 6.45) is 1.73. The first kappa shape index (κ1) is 9.75. The van der Waals surface area contributed by atoms with Crippen molar-refractivity contribution in [1.82, 2.24) is 9.78 Å². The molecule has 0 aliphatic rings. The van der Waals surface area contributed by atoms with Gasteiger partial charge in [-0.3, -0.25) is 4.68 Å². The highest BCUT2D eigenvalue weighted by Crippen LogP contribution is 2.11. The highest BCUT2D eigenvalue weighted by Gasteiger charge is 2.00. The van der Waals surface area contributed by atoms with Crippen molar-refractivity contribution in [3.63, 3.8) is 0 Å². The number of aryl methyl sites for hydroxylation is 1. The molecule has 2 N–H and O–H groups in total. The van der Waals surface area contributed by atoms with E-state index in [1.807, 2.05) is 7.05 Å². The van der Waals surface area contributed by atoms with Crippen molar-refractivity contribution >= 4 is 24.0 Å². The topological polar surface area (TPSA) is 43.8 Å². The number of halogens is 2. The molecule has 0 saturated heterocycles. The van der Waals surface area contributed by atoms with Gasteiger partial charge in [-0.05, 0) is 0 Å². The first-order valence-corrected chi connectivity index (χ1v) is 3.00. The van der Waals surface area contributed by atoms with Gasteiger partial charge >= 0.3 is 0 Å². The van der Waals surface area contributed by atoms with Gasteiger partial charge in [-0.25, -0.2) is 0 Å². The largest absolute Gasteiger partial charge is 0.325 e. The van der Waals surface area contributed by atoms with Gasteiger partial charge < -0.3 is 5.73 Å². The third kappa shape index (κ3) is 1.87. The van der Waals surface area contributed by atoms with Crippen LogP contribution in [0.3, 0.4) is 0 Å². The van der Waals surface area contributed by atoms with Crippen LogP contribution in [-0.4, -0.2) is 9.78 Å². The zero-order valence-corrected chi connectivity index (χ0v) is 7.11. The molecule has 0 radical (unpaired) electrons. The second kappa shape index (κ2) is 3.81. The van der Waals surface area contributed by atoms with Crippen LogP contribution >= 0.6 is 24.0 Å². The molecule has 0 aromatic carbocycles. The molecule has 1 aromatic heterocycles. The molecular formula is C5H9Cl2N3. The van der Waals surface area contributed by atoms with Gasteiger partial charge in [0.25, 0.3) is 0 Å². The number of nitrogens with zero attached hydrogens (tertiary/aromatic N) is 2. The average Bonchev–Trinajstić information content (AvgIpc) is 2.10. The summed E-state index contributed by atoms with van der Waals surface area (Å²) in [6, 6.07) is 0. The molecule has 1 rings (SSSR count). The maximum Gasteiger partial charge on any atom is 0.0946 e. The molecule has 0 saturated carbocycles. The number of rotatable bonds is 1. The van der Waals surface area contributed by atoms with Crippen LogP contribution in [0.25, 0.3) is 0 Å². The Bertz CT molecular complexity index is 209. The van der Waals surface area contributed by atoms with Crippen molar-refractivity contribution in [1.29, 1.82) is 0 Å². The van der Waals surface area contributed by atoms with E-state index in [-0.39, 0.29) is 12.4 Å². The van der Waals surface area contributed by atoms with Gasteiger partial charge in [-0.1, -0.05) is 11.6 Å². The molecule has 10 heavy (non-hydrogen) atoms. The van der Waals surface area contributed by atoms with E-state index in [0.717, 1.165) is 5.69 Å². The molecule has 1 aromatic rings. The number of nitrogens with two attached hydrogens (primary N) is 1. The van der Waals surface area contributed by atoms with Gasteiger partial charge in [0.1, 0.15) is 0 Å². The zero-order valence-electron chi connectivity index (χ0n) is 5.54. The molecule has 58 valence electrons. The summed E-state index contributed by atoms with van der Waals surface area (Å²) >= 11 is 5.68.